The number of hydrogen-bond acceptors (Lipinski definition) is 5. The highest BCUT2D eigenvalue weighted by Gasteiger charge is 2.41. The summed E-state index contributed by atoms with van der Waals surface area (Å²) in [4.78, 5) is 27.6. The van der Waals surface area contributed by atoms with Crippen molar-refractivity contribution in [3.8, 4) is 11.6 Å². The van der Waals surface area contributed by atoms with E-state index < -0.39 is 17.7 Å². The Labute approximate surface area is 137 Å². The molecule has 0 radical (unpaired) electrons. The van der Waals surface area contributed by atoms with Crippen molar-refractivity contribution in [2.24, 2.45) is 5.92 Å². The standard InChI is InChI=1S/C17H15FN2O4/c1-23-17(22)15-13(9-20-16(15)21)10-3-2-4-12(7-10)24-14-6-5-11(18)8-19-14/h2-8,13,15H,9H2,1H3,(H,20,21)/t13-,15-/m1/s1. The largest absolute Gasteiger partial charge is 0.468 e. The molecule has 6 nitrogen and oxygen atoms in total. The molecule has 7 heteroatoms. The number of hydrogen-bond donors (Lipinski definition) is 1. The van der Waals surface area contributed by atoms with Crippen LogP contribution in [0.3, 0.4) is 0 Å². The molecule has 0 aliphatic carbocycles. The molecule has 0 unspecified atom stereocenters. The van der Waals surface area contributed by atoms with E-state index in [1.807, 2.05) is 6.07 Å². The summed E-state index contributed by atoms with van der Waals surface area (Å²) in [5, 5.41) is 2.67. The van der Waals surface area contributed by atoms with Crippen LogP contribution in [-0.2, 0) is 14.3 Å². The number of methoxy groups -OCH3 is 1. The normalized spacial score (nSPS) is 19.7. The third-order valence-corrected chi connectivity index (χ3v) is 3.85. The summed E-state index contributed by atoms with van der Waals surface area (Å²) in [6, 6.07) is 9.67. The number of esters is 1. The van der Waals surface area contributed by atoms with Crippen LogP contribution in [0.5, 0.6) is 11.6 Å². The number of rotatable bonds is 4. The molecule has 1 aliphatic rings. The van der Waals surface area contributed by atoms with Crippen molar-refractivity contribution in [2.75, 3.05) is 13.7 Å². The number of benzene rings is 1. The maximum atomic E-state index is 12.9. The van der Waals surface area contributed by atoms with Crippen LogP contribution in [0.25, 0.3) is 0 Å². The number of nitrogens with one attached hydrogen (secondary N) is 1. The zero-order chi connectivity index (χ0) is 17.1. The lowest BCUT2D eigenvalue weighted by Gasteiger charge is -2.16. The summed E-state index contributed by atoms with van der Waals surface area (Å²) in [7, 11) is 1.25. The van der Waals surface area contributed by atoms with Gasteiger partial charge in [0.2, 0.25) is 11.8 Å². The fraction of sp³-hybridized carbons (Fsp3) is 0.235. The van der Waals surface area contributed by atoms with E-state index in [1.54, 1.807) is 18.2 Å². The van der Waals surface area contributed by atoms with Crippen molar-refractivity contribution in [1.82, 2.24) is 10.3 Å². The maximum Gasteiger partial charge on any atom is 0.318 e. The summed E-state index contributed by atoms with van der Waals surface area (Å²) in [5.74, 6) is -1.86. The van der Waals surface area contributed by atoms with Gasteiger partial charge in [-0.05, 0) is 23.8 Å². The van der Waals surface area contributed by atoms with Gasteiger partial charge in [-0.1, -0.05) is 12.1 Å². The molecule has 0 saturated carbocycles. The van der Waals surface area contributed by atoms with Crippen LogP contribution in [0.4, 0.5) is 4.39 Å². The molecule has 2 heterocycles. The van der Waals surface area contributed by atoms with Gasteiger partial charge in [-0.2, -0.15) is 0 Å². The van der Waals surface area contributed by atoms with Gasteiger partial charge in [0.25, 0.3) is 0 Å². The minimum atomic E-state index is -0.880. The van der Waals surface area contributed by atoms with Crippen LogP contribution in [-0.4, -0.2) is 30.5 Å². The minimum Gasteiger partial charge on any atom is -0.468 e. The van der Waals surface area contributed by atoms with E-state index in [9.17, 15) is 14.0 Å². The third kappa shape index (κ3) is 3.19. The van der Waals surface area contributed by atoms with Gasteiger partial charge in [-0.25, -0.2) is 9.37 Å². The van der Waals surface area contributed by atoms with E-state index in [1.165, 1.54) is 19.2 Å². The third-order valence-electron chi connectivity index (χ3n) is 3.85. The number of halogens is 1. The Balaban J connectivity index is 1.83. The first-order valence-corrected chi connectivity index (χ1v) is 7.33. The monoisotopic (exact) mass is 330 g/mol. The molecule has 24 heavy (non-hydrogen) atoms. The van der Waals surface area contributed by atoms with E-state index in [-0.39, 0.29) is 17.7 Å². The Morgan fingerprint density at radius 1 is 1.33 bits per heavy atom. The summed E-state index contributed by atoms with van der Waals surface area (Å²) in [6.45, 7) is 0.344. The number of carbonyl (C=O) groups is 2. The van der Waals surface area contributed by atoms with Crippen LogP contribution in [0.1, 0.15) is 11.5 Å². The van der Waals surface area contributed by atoms with Crippen molar-refractivity contribution in [1.29, 1.82) is 0 Å². The topological polar surface area (TPSA) is 77.5 Å². The second kappa shape index (κ2) is 6.66. The summed E-state index contributed by atoms with van der Waals surface area (Å²) in [5.41, 5.74) is 0.767. The van der Waals surface area contributed by atoms with Gasteiger partial charge >= 0.3 is 5.97 Å². The maximum absolute atomic E-state index is 12.9. The molecule has 0 spiro atoms. The Kier molecular flexibility index (Phi) is 4.41. The Hall–Kier alpha value is -2.96. The molecular weight excluding hydrogens is 315 g/mol. The highest BCUT2D eigenvalue weighted by atomic mass is 19.1. The fourth-order valence-electron chi connectivity index (χ4n) is 2.68. The van der Waals surface area contributed by atoms with Crippen molar-refractivity contribution < 1.29 is 23.5 Å². The predicted octanol–water partition coefficient (Wildman–Crippen LogP) is 2.02. The van der Waals surface area contributed by atoms with Gasteiger partial charge in [-0.3, -0.25) is 9.59 Å². The van der Waals surface area contributed by atoms with Crippen LogP contribution in [0, 0.1) is 11.7 Å². The lowest BCUT2D eigenvalue weighted by Crippen LogP contribution is -2.28. The molecule has 1 saturated heterocycles. The lowest BCUT2D eigenvalue weighted by atomic mass is 9.88. The van der Waals surface area contributed by atoms with Crippen molar-refractivity contribution >= 4 is 11.9 Å². The first-order valence-electron chi connectivity index (χ1n) is 7.33. The lowest BCUT2D eigenvalue weighted by molar-refractivity contribution is -0.149. The first-order chi connectivity index (χ1) is 11.6. The molecule has 2 atom stereocenters. The number of amides is 1. The van der Waals surface area contributed by atoms with Crippen LogP contribution in [0.15, 0.2) is 42.6 Å². The SMILES string of the molecule is COC(=O)[C@H]1C(=O)NC[C@@H]1c1cccc(Oc2ccc(F)cn2)c1. The van der Waals surface area contributed by atoms with E-state index in [2.05, 4.69) is 10.3 Å². The van der Waals surface area contributed by atoms with Crippen molar-refractivity contribution in [3.05, 3.63) is 54.0 Å². The van der Waals surface area contributed by atoms with Gasteiger partial charge in [-0.15, -0.1) is 0 Å². The van der Waals surface area contributed by atoms with Gasteiger partial charge < -0.3 is 14.8 Å². The average Bonchev–Trinajstić information content (AvgIpc) is 2.98. The highest BCUT2D eigenvalue weighted by Crippen LogP contribution is 2.32. The number of nitrogens with zero attached hydrogens (tertiary/aromatic N) is 1. The summed E-state index contributed by atoms with van der Waals surface area (Å²) in [6.07, 6.45) is 1.06. The Morgan fingerprint density at radius 2 is 2.17 bits per heavy atom. The molecule has 1 aliphatic heterocycles. The van der Waals surface area contributed by atoms with Gasteiger partial charge in [0, 0.05) is 18.5 Å². The second-order valence-corrected chi connectivity index (χ2v) is 5.34. The second-order valence-electron chi connectivity index (χ2n) is 5.34. The zero-order valence-corrected chi connectivity index (χ0v) is 12.9. The number of aromatic nitrogens is 1. The fourth-order valence-corrected chi connectivity index (χ4v) is 2.68. The molecule has 1 aromatic carbocycles. The van der Waals surface area contributed by atoms with Crippen molar-refractivity contribution in [3.63, 3.8) is 0 Å². The molecule has 1 aromatic heterocycles. The quantitative estimate of drug-likeness (QED) is 0.685. The molecule has 1 N–H and O–H groups in total. The first kappa shape index (κ1) is 15.9. The summed E-state index contributed by atoms with van der Waals surface area (Å²) < 4.78 is 23.2. The Morgan fingerprint density at radius 3 is 2.88 bits per heavy atom. The molecule has 1 amide bonds. The Bertz CT molecular complexity index is 763. The number of pyridine rings is 1. The summed E-state index contributed by atoms with van der Waals surface area (Å²) >= 11 is 0. The zero-order valence-electron chi connectivity index (χ0n) is 12.9. The van der Waals surface area contributed by atoms with Crippen LogP contribution >= 0.6 is 0 Å². The molecule has 3 rings (SSSR count). The van der Waals surface area contributed by atoms with E-state index in [4.69, 9.17) is 9.47 Å². The predicted molar refractivity (Wildman–Crippen MR) is 82.0 cm³/mol. The molecule has 2 aromatic rings. The van der Waals surface area contributed by atoms with Crippen molar-refractivity contribution in [2.45, 2.75) is 5.92 Å². The van der Waals surface area contributed by atoms with E-state index in [0.29, 0.717) is 12.3 Å². The highest BCUT2D eigenvalue weighted by molar-refractivity contribution is 6.00. The molecular formula is C17H15FN2O4. The van der Waals surface area contributed by atoms with Gasteiger partial charge in [0.15, 0.2) is 0 Å². The minimum absolute atomic E-state index is 0.249. The number of carbonyl (C=O) groups excluding carboxylic acids is 2. The van der Waals surface area contributed by atoms with Crippen LogP contribution < -0.4 is 10.1 Å². The van der Waals surface area contributed by atoms with Crippen LogP contribution in [0.2, 0.25) is 0 Å². The molecule has 1 fully saturated rings. The number of ether oxygens (including phenoxy) is 2. The van der Waals surface area contributed by atoms with Gasteiger partial charge in [0.05, 0.1) is 13.3 Å². The molecule has 0 bridgehead atoms. The smallest absolute Gasteiger partial charge is 0.318 e. The van der Waals surface area contributed by atoms with E-state index >= 15 is 0 Å². The molecule has 124 valence electrons. The average molecular weight is 330 g/mol. The van der Waals surface area contributed by atoms with Gasteiger partial charge in [0.1, 0.15) is 17.5 Å². The van der Waals surface area contributed by atoms with E-state index in [0.717, 1.165) is 11.8 Å².